The van der Waals surface area contributed by atoms with Crippen LogP contribution in [-0.4, -0.2) is 17.5 Å². The summed E-state index contributed by atoms with van der Waals surface area (Å²) in [7, 11) is 0.297. The molecular formula is C14H31P. The van der Waals surface area contributed by atoms with E-state index in [9.17, 15) is 0 Å². The molecule has 0 aliphatic carbocycles. The zero-order chi connectivity index (χ0) is 11.7. The first-order valence-electron chi connectivity index (χ1n) is 6.85. The normalized spacial score (nSPS) is 12.0. The van der Waals surface area contributed by atoms with E-state index < -0.39 is 0 Å². The fraction of sp³-hybridized carbons (Fsp3) is 1.00. The van der Waals surface area contributed by atoms with Crippen molar-refractivity contribution in [2.24, 2.45) is 0 Å². The highest BCUT2D eigenvalue weighted by atomic mass is 31.1. The van der Waals surface area contributed by atoms with E-state index in [4.69, 9.17) is 0 Å². The Morgan fingerprint density at radius 1 is 0.733 bits per heavy atom. The van der Waals surface area contributed by atoms with Gasteiger partial charge >= 0.3 is 0 Å². The second-order valence-electron chi connectivity index (χ2n) is 5.19. The Morgan fingerprint density at radius 3 is 1.67 bits per heavy atom. The molecule has 0 fully saturated rings. The van der Waals surface area contributed by atoms with Crippen LogP contribution in [0.25, 0.3) is 0 Å². The van der Waals surface area contributed by atoms with Gasteiger partial charge in [-0.25, -0.2) is 0 Å². The summed E-state index contributed by atoms with van der Waals surface area (Å²) in [5.74, 6) is 0. The minimum absolute atomic E-state index is 0.297. The summed E-state index contributed by atoms with van der Waals surface area (Å²) in [4.78, 5) is 0. The molecule has 0 aliphatic rings. The maximum absolute atomic E-state index is 2.41. The van der Waals surface area contributed by atoms with E-state index in [1.807, 2.05) is 0 Å². The van der Waals surface area contributed by atoms with Gasteiger partial charge in [0.2, 0.25) is 0 Å². The van der Waals surface area contributed by atoms with Crippen molar-refractivity contribution in [1.82, 2.24) is 0 Å². The molecule has 15 heavy (non-hydrogen) atoms. The van der Waals surface area contributed by atoms with Crippen molar-refractivity contribution in [1.29, 1.82) is 0 Å². The van der Waals surface area contributed by atoms with Gasteiger partial charge in [0.15, 0.2) is 0 Å². The van der Waals surface area contributed by atoms with Crippen LogP contribution < -0.4 is 0 Å². The molecule has 0 unspecified atom stereocenters. The van der Waals surface area contributed by atoms with E-state index in [1.165, 1.54) is 44.7 Å². The van der Waals surface area contributed by atoms with Gasteiger partial charge < -0.3 is 0 Å². The number of hydrogen-bond acceptors (Lipinski definition) is 0. The lowest BCUT2D eigenvalue weighted by molar-refractivity contribution is 0.625. The molecule has 0 saturated heterocycles. The summed E-state index contributed by atoms with van der Waals surface area (Å²) < 4.78 is 0. The summed E-state index contributed by atoms with van der Waals surface area (Å²) in [6.45, 7) is 11.9. The van der Waals surface area contributed by atoms with Gasteiger partial charge in [-0.05, 0) is 23.9 Å². The number of hydrogen-bond donors (Lipinski definition) is 0. The maximum Gasteiger partial charge on any atom is -0.0264 e. The molecule has 92 valence electrons. The molecule has 0 bridgehead atoms. The Kier molecular flexibility index (Phi) is 9.92. The van der Waals surface area contributed by atoms with Crippen LogP contribution in [0.15, 0.2) is 0 Å². The lowest BCUT2D eigenvalue weighted by Crippen LogP contribution is -2.06. The number of unbranched alkanes of at least 4 members (excludes halogenated alkanes) is 5. The first-order chi connectivity index (χ1) is 7.09. The standard InChI is InChI=1S/C14H31P/c1-6-7-8-9-10-11-12-15(13(2)3)14(4)5/h13-14H,6-12H2,1-5H3. The van der Waals surface area contributed by atoms with Crippen molar-refractivity contribution in [2.75, 3.05) is 6.16 Å². The van der Waals surface area contributed by atoms with E-state index in [2.05, 4.69) is 34.6 Å². The molecular weight excluding hydrogens is 199 g/mol. The smallest absolute Gasteiger partial charge is 0.0264 e. The van der Waals surface area contributed by atoms with Crippen LogP contribution in [0.5, 0.6) is 0 Å². The highest BCUT2D eigenvalue weighted by molar-refractivity contribution is 7.59. The summed E-state index contributed by atoms with van der Waals surface area (Å²) >= 11 is 0. The second-order valence-corrected chi connectivity index (χ2v) is 8.73. The third-order valence-corrected chi connectivity index (χ3v) is 6.58. The minimum atomic E-state index is 0.297. The van der Waals surface area contributed by atoms with Crippen LogP contribution in [0.1, 0.15) is 73.1 Å². The van der Waals surface area contributed by atoms with Crippen molar-refractivity contribution in [3.63, 3.8) is 0 Å². The van der Waals surface area contributed by atoms with E-state index in [0.29, 0.717) is 7.92 Å². The molecule has 0 rings (SSSR count). The fourth-order valence-corrected chi connectivity index (χ4v) is 5.00. The van der Waals surface area contributed by atoms with Crippen molar-refractivity contribution in [2.45, 2.75) is 84.5 Å². The van der Waals surface area contributed by atoms with Gasteiger partial charge in [0.25, 0.3) is 0 Å². The Morgan fingerprint density at radius 2 is 1.20 bits per heavy atom. The zero-order valence-corrected chi connectivity index (χ0v) is 12.4. The van der Waals surface area contributed by atoms with E-state index in [1.54, 1.807) is 0 Å². The topological polar surface area (TPSA) is 0 Å². The Bertz CT molecular complexity index is 121. The molecule has 0 atom stereocenters. The Balaban J connectivity index is 3.46. The molecule has 0 aromatic heterocycles. The SMILES string of the molecule is CCCCCCCCP(C(C)C)C(C)C. The molecule has 0 saturated carbocycles. The Hall–Kier alpha value is 0.430. The largest absolute Gasteiger partial charge is 0.101 e. The van der Waals surface area contributed by atoms with Crippen LogP contribution in [0.2, 0.25) is 0 Å². The molecule has 1 heteroatoms. The van der Waals surface area contributed by atoms with E-state index >= 15 is 0 Å². The molecule has 0 aromatic rings. The van der Waals surface area contributed by atoms with Crippen LogP contribution in [0.3, 0.4) is 0 Å². The van der Waals surface area contributed by atoms with Crippen molar-refractivity contribution < 1.29 is 0 Å². The fourth-order valence-electron chi connectivity index (χ4n) is 2.19. The van der Waals surface area contributed by atoms with Gasteiger partial charge in [-0.2, -0.15) is 0 Å². The van der Waals surface area contributed by atoms with Gasteiger partial charge in [-0.3, -0.25) is 0 Å². The number of rotatable bonds is 9. The zero-order valence-electron chi connectivity index (χ0n) is 11.6. The minimum Gasteiger partial charge on any atom is -0.101 e. The average molecular weight is 230 g/mol. The van der Waals surface area contributed by atoms with Gasteiger partial charge in [0, 0.05) is 0 Å². The predicted octanol–water partition coefficient (Wildman–Crippen LogP) is 5.65. The summed E-state index contributed by atoms with van der Waals surface area (Å²) in [6, 6.07) is 0. The summed E-state index contributed by atoms with van der Waals surface area (Å²) in [5.41, 5.74) is 1.85. The molecule has 0 radical (unpaired) electrons. The lowest BCUT2D eigenvalue weighted by Gasteiger charge is -2.25. The first-order valence-corrected chi connectivity index (χ1v) is 8.51. The third kappa shape index (κ3) is 8.26. The van der Waals surface area contributed by atoms with Gasteiger partial charge in [-0.15, -0.1) is 7.92 Å². The third-order valence-electron chi connectivity index (χ3n) is 3.10. The van der Waals surface area contributed by atoms with Crippen LogP contribution in [0.4, 0.5) is 0 Å². The maximum atomic E-state index is 2.41. The molecule has 0 spiro atoms. The lowest BCUT2D eigenvalue weighted by atomic mass is 10.1. The Labute approximate surface area is 99.0 Å². The highest BCUT2D eigenvalue weighted by Crippen LogP contribution is 2.46. The molecule has 0 N–H and O–H groups in total. The van der Waals surface area contributed by atoms with Crippen molar-refractivity contribution >= 4 is 7.92 Å². The molecule has 0 aliphatic heterocycles. The predicted molar refractivity (Wildman–Crippen MR) is 75.4 cm³/mol. The van der Waals surface area contributed by atoms with Crippen LogP contribution in [-0.2, 0) is 0 Å². The van der Waals surface area contributed by atoms with Crippen LogP contribution >= 0.6 is 7.92 Å². The quantitative estimate of drug-likeness (QED) is 0.355. The van der Waals surface area contributed by atoms with Crippen molar-refractivity contribution in [3.8, 4) is 0 Å². The summed E-state index contributed by atoms with van der Waals surface area (Å²) in [5, 5.41) is 0. The molecule has 0 aromatic carbocycles. The van der Waals surface area contributed by atoms with Gasteiger partial charge in [0.1, 0.15) is 0 Å². The monoisotopic (exact) mass is 230 g/mol. The first kappa shape index (κ1) is 15.4. The molecule has 0 amide bonds. The van der Waals surface area contributed by atoms with Gasteiger partial charge in [-0.1, -0.05) is 66.7 Å². The highest BCUT2D eigenvalue weighted by Gasteiger charge is 2.15. The summed E-state index contributed by atoms with van der Waals surface area (Å²) in [6.07, 6.45) is 10.2. The second kappa shape index (κ2) is 9.64. The van der Waals surface area contributed by atoms with E-state index in [0.717, 1.165) is 11.3 Å². The molecule has 0 heterocycles. The van der Waals surface area contributed by atoms with Crippen molar-refractivity contribution in [3.05, 3.63) is 0 Å². The van der Waals surface area contributed by atoms with E-state index in [-0.39, 0.29) is 0 Å². The average Bonchev–Trinajstić information content (AvgIpc) is 2.15. The van der Waals surface area contributed by atoms with Gasteiger partial charge in [0.05, 0.1) is 0 Å². The van der Waals surface area contributed by atoms with Crippen LogP contribution in [0, 0.1) is 0 Å². The molecule has 0 nitrogen and oxygen atoms in total.